The minimum absolute atomic E-state index is 0.0744. The van der Waals surface area contributed by atoms with Crippen molar-refractivity contribution in [3.05, 3.63) is 95.7 Å². The molecule has 0 aliphatic rings. The van der Waals surface area contributed by atoms with Crippen molar-refractivity contribution < 1.29 is 16.8 Å². The molecule has 0 spiro atoms. The van der Waals surface area contributed by atoms with Crippen molar-refractivity contribution in [2.24, 2.45) is 4.40 Å². The van der Waals surface area contributed by atoms with Gasteiger partial charge in [0.25, 0.3) is 20.0 Å². The van der Waals surface area contributed by atoms with Crippen LogP contribution in [0.5, 0.6) is 0 Å². The molecular weight excluding hydrogens is 432 g/mol. The largest absolute Gasteiger partial charge is 0.282 e. The molecule has 0 fully saturated rings. The van der Waals surface area contributed by atoms with Gasteiger partial charge in [-0.15, -0.1) is 0 Å². The van der Waals surface area contributed by atoms with Crippen LogP contribution in [0.4, 0.5) is 0 Å². The van der Waals surface area contributed by atoms with Gasteiger partial charge in [0.2, 0.25) is 0 Å². The van der Waals surface area contributed by atoms with E-state index in [4.69, 9.17) is 0 Å². The molecule has 1 aromatic heterocycles. The number of nitrogens with zero attached hydrogens (tertiary/aromatic N) is 2. The van der Waals surface area contributed by atoms with Gasteiger partial charge < -0.3 is 0 Å². The van der Waals surface area contributed by atoms with Crippen molar-refractivity contribution in [3.63, 3.8) is 0 Å². The Morgan fingerprint density at radius 2 is 1.29 bits per heavy atom. The normalized spacial score (nSPS) is 12.6. The number of hydrogen-bond donors (Lipinski definition) is 0. The van der Waals surface area contributed by atoms with Crippen LogP contribution >= 0.6 is 0 Å². The summed E-state index contributed by atoms with van der Waals surface area (Å²) in [5.74, 6) is 0. The minimum atomic E-state index is -3.92. The minimum Gasteiger partial charge on any atom is -0.240 e. The van der Waals surface area contributed by atoms with Gasteiger partial charge >= 0.3 is 0 Å². The first-order valence-corrected chi connectivity index (χ1v) is 12.4. The number of benzene rings is 3. The van der Waals surface area contributed by atoms with E-state index in [9.17, 15) is 16.8 Å². The van der Waals surface area contributed by atoms with E-state index in [2.05, 4.69) is 4.40 Å². The van der Waals surface area contributed by atoms with Crippen LogP contribution in [0.2, 0.25) is 0 Å². The van der Waals surface area contributed by atoms with Gasteiger partial charge in [0.1, 0.15) is 0 Å². The summed E-state index contributed by atoms with van der Waals surface area (Å²) in [4.78, 5) is 0.222. The van der Waals surface area contributed by atoms with Crippen molar-refractivity contribution in [2.75, 3.05) is 0 Å². The Bertz CT molecular complexity index is 1500. The zero-order valence-electron chi connectivity index (χ0n) is 16.9. The highest BCUT2D eigenvalue weighted by Crippen LogP contribution is 2.26. The molecule has 8 heteroatoms. The fourth-order valence-corrected chi connectivity index (χ4v) is 5.43. The molecular formula is C23H20N2O4S2. The van der Waals surface area contributed by atoms with Gasteiger partial charge in [-0.25, -0.2) is 12.4 Å². The number of sulfonamides is 1. The van der Waals surface area contributed by atoms with Crippen molar-refractivity contribution in [3.8, 4) is 0 Å². The number of rotatable bonds is 5. The molecule has 31 heavy (non-hydrogen) atoms. The maximum Gasteiger partial charge on any atom is 0.282 e. The summed E-state index contributed by atoms with van der Waals surface area (Å²) in [6, 6.07) is 19.8. The van der Waals surface area contributed by atoms with Gasteiger partial charge in [0, 0.05) is 23.4 Å². The fourth-order valence-electron chi connectivity index (χ4n) is 3.20. The Kier molecular flexibility index (Phi) is 5.28. The molecule has 4 rings (SSSR count). The SMILES string of the molecule is Cc1ccc(S(=O)(=O)/N=C/c2cn(S(=O)(=O)c3ccc(C)cc3)c3ccccc23)cc1. The van der Waals surface area contributed by atoms with E-state index in [-0.39, 0.29) is 9.79 Å². The summed E-state index contributed by atoms with van der Waals surface area (Å²) in [7, 11) is -7.78. The highest BCUT2D eigenvalue weighted by Gasteiger charge is 2.21. The third-order valence-corrected chi connectivity index (χ3v) is 7.87. The van der Waals surface area contributed by atoms with E-state index < -0.39 is 20.0 Å². The van der Waals surface area contributed by atoms with Gasteiger partial charge in [-0.2, -0.15) is 12.8 Å². The Morgan fingerprint density at radius 3 is 1.90 bits per heavy atom. The van der Waals surface area contributed by atoms with E-state index in [1.165, 1.54) is 24.5 Å². The smallest absolute Gasteiger partial charge is 0.240 e. The van der Waals surface area contributed by atoms with E-state index in [0.717, 1.165) is 15.1 Å². The van der Waals surface area contributed by atoms with Gasteiger partial charge in [0.05, 0.1) is 15.3 Å². The Labute approximate surface area is 181 Å². The molecule has 0 radical (unpaired) electrons. The van der Waals surface area contributed by atoms with Crippen LogP contribution in [0.15, 0.2) is 93.2 Å². The van der Waals surface area contributed by atoms with Crippen LogP contribution in [0.25, 0.3) is 10.9 Å². The Balaban J connectivity index is 1.81. The molecule has 0 bridgehead atoms. The number of aryl methyl sites for hydroxylation is 2. The molecule has 0 saturated heterocycles. The second-order valence-electron chi connectivity index (χ2n) is 7.24. The predicted molar refractivity (Wildman–Crippen MR) is 122 cm³/mol. The second kappa shape index (κ2) is 7.79. The molecule has 0 saturated carbocycles. The van der Waals surface area contributed by atoms with E-state index in [1.54, 1.807) is 60.7 Å². The number of aromatic nitrogens is 1. The molecule has 0 N–H and O–H groups in total. The maximum absolute atomic E-state index is 13.2. The van der Waals surface area contributed by atoms with Gasteiger partial charge in [-0.3, -0.25) is 0 Å². The standard InChI is InChI=1S/C23H20N2O4S2/c1-17-7-11-20(12-8-17)30(26,27)24-15-19-16-25(23-6-4-3-5-22(19)23)31(28,29)21-13-9-18(2)10-14-21/h3-16H,1-2H3/b24-15+. The monoisotopic (exact) mass is 452 g/mol. The van der Waals surface area contributed by atoms with Crippen molar-refractivity contribution in [1.82, 2.24) is 3.97 Å². The van der Waals surface area contributed by atoms with Crippen LogP contribution in [-0.4, -0.2) is 27.0 Å². The van der Waals surface area contributed by atoms with Gasteiger partial charge in [-0.1, -0.05) is 53.6 Å². The average molecular weight is 453 g/mol. The number of hydrogen-bond acceptors (Lipinski definition) is 4. The molecule has 6 nitrogen and oxygen atoms in total. The molecule has 4 aromatic rings. The summed E-state index contributed by atoms with van der Waals surface area (Å²) >= 11 is 0. The third kappa shape index (κ3) is 4.04. The van der Waals surface area contributed by atoms with Crippen molar-refractivity contribution >= 4 is 37.2 Å². The van der Waals surface area contributed by atoms with E-state index in [0.29, 0.717) is 16.5 Å². The lowest BCUT2D eigenvalue weighted by Gasteiger charge is -2.07. The summed E-state index contributed by atoms with van der Waals surface area (Å²) < 4.78 is 56.6. The van der Waals surface area contributed by atoms with E-state index in [1.807, 2.05) is 13.8 Å². The van der Waals surface area contributed by atoms with Crippen molar-refractivity contribution in [2.45, 2.75) is 23.6 Å². The Hall–Kier alpha value is -3.23. The first kappa shape index (κ1) is 21.0. The molecule has 0 atom stereocenters. The maximum atomic E-state index is 13.2. The molecule has 3 aromatic carbocycles. The number of fused-ring (bicyclic) bond motifs is 1. The summed E-state index contributed by atoms with van der Waals surface area (Å²) in [5, 5.41) is 0.584. The van der Waals surface area contributed by atoms with Crippen LogP contribution in [0.3, 0.4) is 0 Å². The quantitative estimate of drug-likeness (QED) is 0.423. The second-order valence-corrected chi connectivity index (χ2v) is 10.7. The molecule has 0 amide bonds. The highest BCUT2D eigenvalue weighted by atomic mass is 32.2. The molecule has 158 valence electrons. The zero-order valence-corrected chi connectivity index (χ0v) is 18.6. The average Bonchev–Trinajstić information content (AvgIpc) is 3.13. The lowest BCUT2D eigenvalue weighted by Crippen LogP contribution is -2.11. The van der Waals surface area contributed by atoms with Gasteiger partial charge in [0.15, 0.2) is 0 Å². The van der Waals surface area contributed by atoms with Crippen LogP contribution in [0, 0.1) is 13.8 Å². The van der Waals surface area contributed by atoms with Gasteiger partial charge in [-0.05, 0) is 44.2 Å². The molecule has 0 aliphatic carbocycles. The molecule has 0 unspecified atom stereocenters. The highest BCUT2D eigenvalue weighted by molar-refractivity contribution is 7.90. The third-order valence-electron chi connectivity index (χ3n) is 4.94. The first-order valence-electron chi connectivity index (χ1n) is 9.48. The predicted octanol–water partition coefficient (Wildman–Crippen LogP) is 4.30. The number of para-hydroxylation sites is 1. The summed E-state index contributed by atoms with van der Waals surface area (Å²) in [6.45, 7) is 3.74. The lowest BCUT2D eigenvalue weighted by atomic mass is 10.2. The Morgan fingerprint density at radius 1 is 0.742 bits per heavy atom. The van der Waals surface area contributed by atoms with Crippen molar-refractivity contribution in [1.29, 1.82) is 0 Å². The van der Waals surface area contributed by atoms with E-state index >= 15 is 0 Å². The van der Waals surface area contributed by atoms with Crippen LogP contribution in [-0.2, 0) is 20.0 Å². The van der Waals surface area contributed by atoms with Crippen LogP contribution in [0.1, 0.15) is 16.7 Å². The molecule has 0 aliphatic heterocycles. The summed E-state index contributed by atoms with van der Waals surface area (Å²) in [6.07, 6.45) is 2.59. The fraction of sp³-hybridized carbons (Fsp3) is 0.0870. The summed E-state index contributed by atoms with van der Waals surface area (Å²) in [5.41, 5.74) is 2.72. The molecule has 1 heterocycles. The van der Waals surface area contributed by atoms with Crippen LogP contribution < -0.4 is 0 Å². The lowest BCUT2D eigenvalue weighted by molar-refractivity contribution is 0.589. The zero-order chi connectivity index (χ0) is 22.2. The topological polar surface area (TPSA) is 85.6 Å². The first-order chi connectivity index (χ1) is 14.7.